The summed E-state index contributed by atoms with van der Waals surface area (Å²) in [6, 6.07) is 14.0. The molecule has 0 spiro atoms. The molecule has 2 aromatic rings. The van der Waals surface area contributed by atoms with Crippen LogP contribution in [0, 0.1) is 5.92 Å². The maximum Gasteiger partial charge on any atom is 0.311 e. The van der Waals surface area contributed by atoms with E-state index in [1.54, 1.807) is 30.3 Å². The first-order valence-electron chi connectivity index (χ1n) is 9.05. The molecule has 6 nitrogen and oxygen atoms in total. The number of piperidine rings is 1. The summed E-state index contributed by atoms with van der Waals surface area (Å²) in [5, 5.41) is 0.558. The van der Waals surface area contributed by atoms with Gasteiger partial charge in [-0.15, -0.1) is 4.40 Å². The van der Waals surface area contributed by atoms with Crippen LogP contribution in [0.2, 0.25) is 5.02 Å². The van der Waals surface area contributed by atoms with E-state index in [9.17, 15) is 13.2 Å². The molecule has 146 valence electrons. The fourth-order valence-electron chi connectivity index (χ4n) is 3.56. The predicted molar refractivity (Wildman–Crippen MR) is 106 cm³/mol. The molecule has 4 rings (SSSR count). The summed E-state index contributed by atoms with van der Waals surface area (Å²) < 4.78 is 34.0. The fraction of sp³-hybridized carbons (Fsp3) is 0.300. The molecule has 0 saturated carbocycles. The van der Waals surface area contributed by atoms with Crippen LogP contribution in [-0.4, -0.2) is 38.2 Å². The number of fused-ring (bicyclic) bond motifs is 1. The average molecular weight is 419 g/mol. The third-order valence-electron chi connectivity index (χ3n) is 4.99. The van der Waals surface area contributed by atoms with Crippen molar-refractivity contribution in [3.63, 3.8) is 0 Å². The van der Waals surface area contributed by atoms with Gasteiger partial charge in [0.2, 0.25) is 0 Å². The van der Waals surface area contributed by atoms with Gasteiger partial charge < -0.3 is 9.64 Å². The summed E-state index contributed by atoms with van der Waals surface area (Å²) in [5.74, 6) is -0.229. The number of carbonyl (C=O) groups excluding carboxylic acids is 1. The van der Waals surface area contributed by atoms with Gasteiger partial charge in [-0.05, 0) is 31.0 Å². The van der Waals surface area contributed by atoms with E-state index in [-0.39, 0.29) is 23.4 Å². The minimum Gasteiger partial charge on any atom is -0.460 e. The first kappa shape index (κ1) is 19.0. The number of carbonyl (C=O) groups is 1. The van der Waals surface area contributed by atoms with Crippen LogP contribution in [0.15, 0.2) is 57.8 Å². The Hall–Kier alpha value is -2.38. The molecule has 0 amide bonds. The molecule has 0 bridgehead atoms. The van der Waals surface area contributed by atoms with Crippen molar-refractivity contribution in [1.29, 1.82) is 0 Å². The molecule has 1 atom stereocenters. The van der Waals surface area contributed by atoms with Crippen LogP contribution in [0.3, 0.4) is 0 Å². The van der Waals surface area contributed by atoms with Gasteiger partial charge in [0.1, 0.15) is 11.5 Å². The molecule has 0 unspecified atom stereocenters. The van der Waals surface area contributed by atoms with Crippen molar-refractivity contribution < 1.29 is 17.9 Å². The molecule has 2 aliphatic rings. The lowest BCUT2D eigenvalue weighted by molar-refractivity contribution is -0.151. The second kappa shape index (κ2) is 7.56. The van der Waals surface area contributed by atoms with Crippen molar-refractivity contribution in [2.75, 3.05) is 13.1 Å². The van der Waals surface area contributed by atoms with Crippen LogP contribution in [0.25, 0.3) is 0 Å². The molecule has 2 heterocycles. The predicted octanol–water partition coefficient (Wildman–Crippen LogP) is 3.24. The zero-order valence-corrected chi connectivity index (χ0v) is 16.6. The molecular formula is C20H19ClN2O4S. The summed E-state index contributed by atoms with van der Waals surface area (Å²) in [6.07, 6.45) is 1.45. The number of sulfonamides is 1. The van der Waals surface area contributed by atoms with Crippen LogP contribution in [0.5, 0.6) is 0 Å². The summed E-state index contributed by atoms with van der Waals surface area (Å²) in [7, 11) is -3.68. The SMILES string of the molecule is O=C(OCc1ccccc1Cl)[C@H]1CCCN(C2=NS(=O)(=O)c3ccccc32)C1. The molecule has 1 fully saturated rings. The van der Waals surface area contributed by atoms with Gasteiger partial charge in [0.15, 0.2) is 5.84 Å². The largest absolute Gasteiger partial charge is 0.460 e. The molecular weight excluding hydrogens is 400 g/mol. The van der Waals surface area contributed by atoms with Gasteiger partial charge in [-0.25, -0.2) is 0 Å². The minimum atomic E-state index is -3.68. The second-order valence-electron chi connectivity index (χ2n) is 6.87. The van der Waals surface area contributed by atoms with Crippen LogP contribution in [0.4, 0.5) is 0 Å². The van der Waals surface area contributed by atoms with E-state index < -0.39 is 10.0 Å². The highest BCUT2D eigenvalue weighted by Crippen LogP contribution is 2.30. The van der Waals surface area contributed by atoms with Crippen LogP contribution in [0.1, 0.15) is 24.0 Å². The number of hydrogen-bond acceptors (Lipinski definition) is 5. The Morgan fingerprint density at radius 2 is 1.93 bits per heavy atom. The quantitative estimate of drug-likeness (QED) is 0.715. The van der Waals surface area contributed by atoms with Crippen molar-refractivity contribution in [2.24, 2.45) is 10.3 Å². The van der Waals surface area contributed by atoms with Gasteiger partial charge in [-0.1, -0.05) is 41.9 Å². The topological polar surface area (TPSA) is 76.0 Å². The van der Waals surface area contributed by atoms with Crippen molar-refractivity contribution in [3.05, 3.63) is 64.7 Å². The van der Waals surface area contributed by atoms with Crippen LogP contribution < -0.4 is 0 Å². The molecule has 1 saturated heterocycles. The van der Waals surface area contributed by atoms with E-state index in [4.69, 9.17) is 16.3 Å². The van der Waals surface area contributed by atoms with Crippen molar-refractivity contribution in [1.82, 2.24) is 4.90 Å². The molecule has 2 aromatic carbocycles. The normalized spacial score (nSPS) is 20.4. The maximum absolute atomic E-state index is 12.6. The number of likely N-dealkylation sites (tertiary alicyclic amines) is 1. The van der Waals surface area contributed by atoms with Gasteiger partial charge in [-0.2, -0.15) is 8.42 Å². The Kier molecular flexibility index (Phi) is 5.12. The molecule has 0 aromatic heterocycles. The van der Waals surface area contributed by atoms with E-state index in [0.717, 1.165) is 12.0 Å². The van der Waals surface area contributed by atoms with Crippen molar-refractivity contribution >= 4 is 33.4 Å². The monoisotopic (exact) mass is 418 g/mol. The van der Waals surface area contributed by atoms with E-state index in [1.165, 1.54) is 0 Å². The summed E-state index contributed by atoms with van der Waals surface area (Å²) in [5.41, 5.74) is 1.35. The van der Waals surface area contributed by atoms with E-state index in [1.807, 2.05) is 23.1 Å². The molecule has 0 radical (unpaired) electrons. The Labute approximate surface area is 168 Å². The lowest BCUT2D eigenvalue weighted by atomic mass is 9.97. The Morgan fingerprint density at radius 3 is 2.75 bits per heavy atom. The third-order valence-corrected chi connectivity index (χ3v) is 6.69. The van der Waals surface area contributed by atoms with E-state index in [0.29, 0.717) is 35.9 Å². The molecule has 28 heavy (non-hydrogen) atoms. The standard InChI is InChI=1S/C20H19ClN2O4S/c21-17-9-3-1-6-15(17)13-27-20(24)14-7-5-11-23(12-14)19-16-8-2-4-10-18(16)28(25,26)22-19/h1-4,6,8-10,14H,5,7,11-13H2/t14-/m0/s1. The van der Waals surface area contributed by atoms with E-state index in [2.05, 4.69) is 4.40 Å². The number of rotatable bonds is 3. The molecule has 2 aliphatic heterocycles. The average Bonchev–Trinajstić information content (AvgIpc) is 2.99. The number of nitrogens with zero attached hydrogens (tertiary/aromatic N) is 2. The van der Waals surface area contributed by atoms with Crippen molar-refractivity contribution in [2.45, 2.75) is 24.3 Å². The molecule has 8 heteroatoms. The third kappa shape index (κ3) is 3.64. The number of amidine groups is 1. The number of halogens is 1. The number of esters is 1. The van der Waals surface area contributed by atoms with Gasteiger partial charge in [0, 0.05) is 29.2 Å². The zero-order valence-electron chi connectivity index (χ0n) is 15.0. The lowest BCUT2D eigenvalue weighted by Crippen LogP contribution is -2.42. The Balaban J connectivity index is 1.47. The van der Waals surface area contributed by atoms with Crippen LogP contribution in [-0.2, 0) is 26.2 Å². The number of hydrogen-bond donors (Lipinski definition) is 0. The first-order valence-corrected chi connectivity index (χ1v) is 10.9. The lowest BCUT2D eigenvalue weighted by Gasteiger charge is -2.32. The summed E-state index contributed by atoms with van der Waals surface area (Å²) in [6.45, 7) is 1.15. The highest BCUT2D eigenvalue weighted by atomic mass is 35.5. The smallest absolute Gasteiger partial charge is 0.311 e. The van der Waals surface area contributed by atoms with Gasteiger partial charge in [0.25, 0.3) is 10.0 Å². The highest BCUT2D eigenvalue weighted by molar-refractivity contribution is 7.90. The second-order valence-corrected chi connectivity index (χ2v) is 8.85. The minimum absolute atomic E-state index is 0.118. The number of ether oxygens (including phenoxy) is 1. The van der Waals surface area contributed by atoms with Crippen LogP contribution >= 0.6 is 11.6 Å². The summed E-state index contributed by atoms with van der Waals surface area (Å²) in [4.78, 5) is 14.7. The van der Waals surface area contributed by atoms with Gasteiger partial charge in [0.05, 0.1) is 5.92 Å². The fourth-order valence-corrected chi connectivity index (χ4v) is 4.98. The zero-order chi connectivity index (χ0) is 19.7. The van der Waals surface area contributed by atoms with E-state index >= 15 is 0 Å². The highest BCUT2D eigenvalue weighted by Gasteiger charge is 2.35. The van der Waals surface area contributed by atoms with Gasteiger partial charge in [-0.3, -0.25) is 4.79 Å². The molecule has 0 N–H and O–H groups in total. The number of benzene rings is 2. The molecule has 0 aliphatic carbocycles. The Morgan fingerprint density at radius 1 is 1.18 bits per heavy atom. The first-order chi connectivity index (χ1) is 13.5. The van der Waals surface area contributed by atoms with Gasteiger partial charge >= 0.3 is 5.97 Å². The maximum atomic E-state index is 12.6. The van der Waals surface area contributed by atoms with Crippen molar-refractivity contribution in [3.8, 4) is 0 Å². The summed E-state index contributed by atoms with van der Waals surface area (Å²) >= 11 is 6.11. The Bertz CT molecular complexity index is 1050.